The molecule has 2 heteroatoms. The lowest BCUT2D eigenvalue weighted by Crippen LogP contribution is -1.97. The molecule has 1 atom stereocenters. The van der Waals surface area contributed by atoms with E-state index in [1.165, 1.54) is 22.3 Å². The number of aryl methyl sites for hydroxylation is 2. The van der Waals surface area contributed by atoms with Gasteiger partial charge in [-0.2, -0.15) is 0 Å². The third-order valence-electron chi connectivity index (χ3n) is 5.28. The number of hydrogen-bond donors (Lipinski definition) is 1. The van der Waals surface area contributed by atoms with E-state index in [9.17, 15) is 4.79 Å². The van der Waals surface area contributed by atoms with Gasteiger partial charge in [-0.05, 0) is 65.1 Å². The molecule has 0 aromatic heterocycles. The SMILES string of the molecule is CCC(C)c1ccc(-c2ccc(CCc3ccc(C(=O)O)cc3)cc2)cc1. The molecule has 0 saturated carbocycles. The second-order valence-corrected chi connectivity index (χ2v) is 7.13. The predicted molar refractivity (Wildman–Crippen MR) is 111 cm³/mol. The Bertz CT molecular complexity index is 875. The van der Waals surface area contributed by atoms with E-state index >= 15 is 0 Å². The summed E-state index contributed by atoms with van der Waals surface area (Å²) in [5.74, 6) is -0.277. The molecule has 3 aromatic carbocycles. The van der Waals surface area contributed by atoms with Gasteiger partial charge in [-0.1, -0.05) is 74.5 Å². The summed E-state index contributed by atoms with van der Waals surface area (Å²) >= 11 is 0. The topological polar surface area (TPSA) is 37.3 Å². The van der Waals surface area contributed by atoms with Gasteiger partial charge in [-0.3, -0.25) is 0 Å². The summed E-state index contributed by atoms with van der Waals surface area (Å²) < 4.78 is 0. The molecule has 1 unspecified atom stereocenters. The summed E-state index contributed by atoms with van der Waals surface area (Å²) in [6.45, 7) is 4.48. The van der Waals surface area contributed by atoms with Crippen LogP contribution in [0.2, 0.25) is 0 Å². The molecular formula is C25H26O2. The number of carboxylic acid groups (broad SMARTS) is 1. The van der Waals surface area contributed by atoms with Crippen LogP contribution in [-0.4, -0.2) is 11.1 Å². The van der Waals surface area contributed by atoms with Crippen LogP contribution in [0.15, 0.2) is 72.8 Å². The number of carboxylic acids is 1. The Morgan fingerprint density at radius 3 is 1.67 bits per heavy atom. The molecule has 27 heavy (non-hydrogen) atoms. The second kappa shape index (κ2) is 8.68. The number of benzene rings is 3. The van der Waals surface area contributed by atoms with E-state index in [1.807, 2.05) is 12.1 Å². The van der Waals surface area contributed by atoms with Crippen LogP contribution >= 0.6 is 0 Å². The van der Waals surface area contributed by atoms with Crippen molar-refractivity contribution in [2.24, 2.45) is 0 Å². The standard InChI is InChI=1S/C25H26O2/c1-3-18(2)21-14-16-23(17-15-21)22-10-6-19(7-11-22)4-5-20-8-12-24(13-9-20)25(26)27/h6-18H,3-5H2,1-2H3,(H,26,27). The van der Waals surface area contributed by atoms with E-state index in [0.717, 1.165) is 24.8 Å². The highest BCUT2D eigenvalue weighted by Crippen LogP contribution is 2.24. The average Bonchev–Trinajstić information content (AvgIpc) is 2.72. The van der Waals surface area contributed by atoms with Crippen LogP contribution in [0, 0.1) is 0 Å². The lowest BCUT2D eigenvalue weighted by Gasteiger charge is -2.10. The maximum Gasteiger partial charge on any atom is 0.335 e. The van der Waals surface area contributed by atoms with Gasteiger partial charge in [0.1, 0.15) is 0 Å². The Morgan fingerprint density at radius 1 is 0.778 bits per heavy atom. The van der Waals surface area contributed by atoms with Gasteiger partial charge in [-0.25, -0.2) is 4.79 Å². The van der Waals surface area contributed by atoms with E-state index in [-0.39, 0.29) is 0 Å². The number of rotatable bonds is 7. The molecule has 3 rings (SSSR count). The van der Waals surface area contributed by atoms with Gasteiger partial charge in [0, 0.05) is 0 Å². The average molecular weight is 358 g/mol. The molecule has 2 nitrogen and oxygen atoms in total. The normalized spacial score (nSPS) is 11.9. The maximum atomic E-state index is 10.9. The molecule has 0 aliphatic rings. The minimum atomic E-state index is -0.880. The molecular weight excluding hydrogens is 332 g/mol. The van der Waals surface area contributed by atoms with Crippen LogP contribution in [0.3, 0.4) is 0 Å². The van der Waals surface area contributed by atoms with E-state index < -0.39 is 5.97 Å². The van der Waals surface area contributed by atoms with Crippen LogP contribution in [0.4, 0.5) is 0 Å². The molecule has 0 amide bonds. The highest BCUT2D eigenvalue weighted by molar-refractivity contribution is 5.87. The first-order valence-corrected chi connectivity index (χ1v) is 9.58. The van der Waals surface area contributed by atoms with Crippen LogP contribution in [0.1, 0.15) is 53.2 Å². The van der Waals surface area contributed by atoms with E-state index in [0.29, 0.717) is 11.5 Å². The zero-order valence-electron chi connectivity index (χ0n) is 16.0. The van der Waals surface area contributed by atoms with Crippen molar-refractivity contribution in [3.8, 4) is 11.1 Å². The minimum absolute atomic E-state index is 0.336. The Kier molecular flexibility index (Phi) is 6.08. The molecule has 138 valence electrons. The monoisotopic (exact) mass is 358 g/mol. The summed E-state index contributed by atoms with van der Waals surface area (Å²) in [4.78, 5) is 10.9. The lowest BCUT2D eigenvalue weighted by atomic mass is 9.95. The van der Waals surface area contributed by atoms with Crippen molar-refractivity contribution in [2.75, 3.05) is 0 Å². The largest absolute Gasteiger partial charge is 0.478 e. The fourth-order valence-electron chi connectivity index (χ4n) is 3.21. The summed E-state index contributed by atoms with van der Waals surface area (Å²) in [6.07, 6.45) is 3.01. The summed E-state index contributed by atoms with van der Waals surface area (Å²) in [5, 5.41) is 8.96. The van der Waals surface area contributed by atoms with Crippen LogP contribution in [0.5, 0.6) is 0 Å². The lowest BCUT2D eigenvalue weighted by molar-refractivity contribution is 0.0697. The molecule has 0 aliphatic carbocycles. The summed E-state index contributed by atoms with van der Waals surface area (Å²) in [6, 6.07) is 24.8. The van der Waals surface area contributed by atoms with Crippen molar-refractivity contribution in [3.05, 3.63) is 95.1 Å². The second-order valence-electron chi connectivity index (χ2n) is 7.13. The highest BCUT2D eigenvalue weighted by Gasteiger charge is 2.05. The van der Waals surface area contributed by atoms with Gasteiger partial charge in [0.2, 0.25) is 0 Å². The first-order valence-electron chi connectivity index (χ1n) is 9.58. The highest BCUT2D eigenvalue weighted by atomic mass is 16.4. The number of hydrogen-bond acceptors (Lipinski definition) is 1. The summed E-state index contributed by atoms with van der Waals surface area (Å²) in [5.41, 5.74) is 6.66. The predicted octanol–water partition coefficient (Wildman–Crippen LogP) is 6.35. The maximum absolute atomic E-state index is 10.9. The Hall–Kier alpha value is -2.87. The van der Waals surface area contributed by atoms with Crippen molar-refractivity contribution in [1.82, 2.24) is 0 Å². The zero-order valence-corrected chi connectivity index (χ0v) is 16.0. The van der Waals surface area contributed by atoms with Gasteiger partial charge < -0.3 is 5.11 Å². The van der Waals surface area contributed by atoms with E-state index in [2.05, 4.69) is 62.4 Å². The van der Waals surface area contributed by atoms with Gasteiger partial charge in [0.05, 0.1) is 5.56 Å². The molecule has 0 aliphatic heterocycles. The van der Waals surface area contributed by atoms with Crippen molar-refractivity contribution in [1.29, 1.82) is 0 Å². The fourth-order valence-corrected chi connectivity index (χ4v) is 3.21. The van der Waals surface area contributed by atoms with Gasteiger partial charge in [0.25, 0.3) is 0 Å². The van der Waals surface area contributed by atoms with Crippen molar-refractivity contribution in [3.63, 3.8) is 0 Å². The van der Waals surface area contributed by atoms with Crippen LogP contribution < -0.4 is 0 Å². The first kappa shape index (κ1) is 18.9. The fraction of sp³-hybridized carbons (Fsp3) is 0.240. The summed E-state index contributed by atoms with van der Waals surface area (Å²) in [7, 11) is 0. The molecule has 0 radical (unpaired) electrons. The third-order valence-corrected chi connectivity index (χ3v) is 5.28. The molecule has 1 N–H and O–H groups in total. The molecule has 0 heterocycles. The minimum Gasteiger partial charge on any atom is -0.478 e. The Morgan fingerprint density at radius 2 is 1.22 bits per heavy atom. The quantitative estimate of drug-likeness (QED) is 0.534. The molecule has 0 fully saturated rings. The Balaban J connectivity index is 1.62. The van der Waals surface area contributed by atoms with Gasteiger partial charge in [0.15, 0.2) is 0 Å². The molecule has 3 aromatic rings. The van der Waals surface area contributed by atoms with E-state index in [1.54, 1.807) is 12.1 Å². The first-order chi connectivity index (χ1) is 13.1. The molecule has 0 bridgehead atoms. The van der Waals surface area contributed by atoms with Crippen molar-refractivity contribution in [2.45, 2.75) is 39.0 Å². The zero-order chi connectivity index (χ0) is 19.2. The van der Waals surface area contributed by atoms with Crippen LogP contribution in [-0.2, 0) is 12.8 Å². The smallest absolute Gasteiger partial charge is 0.335 e. The Labute approximate surface area is 161 Å². The van der Waals surface area contributed by atoms with Crippen molar-refractivity contribution >= 4 is 5.97 Å². The van der Waals surface area contributed by atoms with Crippen molar-refractivity contribution < 1.29 is 9.90 Å². The van der Waals surface area contributed by atoms with Gasteiger partial charge in [-0.15, -0.1) is 0 Å². The van der Waals surface area contributed by atoms with Crippen LogP contribution in [0.25, 0.3) is 11.1 Å². The number of aromatic carboxylic acids is 1. The third kappa shape index (κ3) is 4.85. The number of carbonyl (C=O) groups is 1. The van der Waals surface area contributed by atoms with Gasteiger partial charge >= 0.3 is 5.97 Å². The van der Waals surface area contributed by atoms with E-state index in [4.69, 9.17) is 5.11 Å². The molecule has 0 spiro atoms. The molecule has 0 saturated heterocycles.